The number of benzene rings is 1. The standard InChI is InChI=1S/C10H9N3S2/c11-6-1-2-7-8(5-6)15-10(13-7)9-12-3-4-14-9/h1-2,5H,3-4,11H2. The molecule has 3 nitrogen and oxygen atoms in total. The molecule has 1 aromatic carbocycles. The van der Waals surface area contributed by atoms with Crippen LogP contribution in [0, 0.1) is 0 Å². The van der Waals surface area contributed by atoms with E-state index in [1.165, 1.54) is 0 Å². The second kappa shape index (κ2) is 3.50. The highest BCUT2D eigenvalue weighted by molar-refractivity contribution is 8.15. The molecule has 0 aliphatic carbocycles. The van der Waals surface area contributed by atoms with Crippen LogP contribution in [0.4, 0.5) is 5.69 Å². The maximum Gasteiger partial charge on any atom is 0.149 e. The van der Waals surface area contributed by atoms with Crippen molar-refractivity contribution in [1.29, 1.82) is 0 Å². The molecular formula is C10H9N3S2. The number of rotatable bonds is 1. The first-order valence-electron chi connectivity index (χ1n) is 4.66. The van der Waals surface area contributed by atoms with Crippen molar-refractivity contribution in [3.05, 3.63) is 23.2 Å². The van der Waals surface area contributed by atoms with E-state index in [1.807, 2.05) is 18.2 Å². The van der Waals surface area contributed by atoms with Gasteiger partial charge in [0, 0.05) is 18.0 Å². The van der Waals surface area contributed by atoms with Crippen molar-refractivity contribution in [1.82, 2.24) is 4.98 Å². The second-order valence-corrected chi connectivity index (χ2v) is 5.40. The number of hydrogen-bond donors (Lipinski definition) is 1. The highest BCUT2D eigenvalue weighted by Gasteiger charge is 2.14. The second-order valence-electron chi connectivity index (χ2n) is 3.28. The molecule has 2 N–H and O–H groups in total. The smallest absolute Gasteiger partial charge is 0.149 e. The van der Waals surface area contributed by atoms with Crippen LogP contribution in [0.5, 0.6) is 0 Å². The third-order valence-corrected chi connectivity index (χ3v) is 4.32. The van der Waals surface area contributed by atoms with Gasteiger partial charge in [-0.3, -0.25) is 4.99 Å². The zero-order chi connectivity index (χ0) is 10.3. The minimum atomic E-state index is 0.790. The molecule has 0 amide bonds. The number of thiazole rings is 1. The fourth-order valence-electron chi connectivity index (χ4n) is 1.50. The molecule has 1 aromatic heterocycles. The number of nitrogens with zero attached hydrogens (tertiary/aromatic N) is 2. The highest BCUT2D eigenvalue weighted by Crippen LogP contribution is 2.28. The minimum Gasteiger partial charge on any atom is -0.399 e. The first kappa shape index (κ1) is 9.18. The van der Waals surface area contributed by atoms with Gasteiger partial charge in [-0.15, -0.1) is 23.1 Å². The summed E-state index contributed by atoms with van der Waals surface area (Å²) in [5.41, 5.74) is 7.53. The van der Waals surface area contributed by atoms with Gasteiger partial charge < -0.3 is 5.73 Å². The number of aliphatic imine (C=N–C) groups is 1. The van der Waals surface area contributed by atoms with Crippen molar-refractivity contribution >= 4 is 44.0 Å². The van der Waals surface area contributed by atoms with E-state index in [2.05, 4.69) is 9.98 Å². The number of hydrogen-bond acceptors (Lipinski definition) is 5. The van der Waals surface area contributed by atoms with Gasteiger partial charge in [-0.05, 0) is 18.2 Å². The Hall–Kier alpha value is -1.07. The molecule has 0 saturated carbocycles. The fourth-order valence-corrected chi connectivity index (χ4v) is 3.44. The van der Waals surface area contributed by atoms with E-state index in [0.717, 1.165) is 38.3 Å². The Bertz CT molecular complexity index is 545. The van der Waals surface area contributed by atoms with Crippen LogP contribution in [0.1, 0.15) is 5.01 Å². The SMILES string of the molecule is Nc1ccc2nc(C3=NCCS3)sc2c1. The first-order chi connectivity index (χ1) is 7.33. The summed E-state index contributed by atoms with van der Waals surface area (Å²) in [6, 6.07) is 5.82. The molecule has 1 aliphatic heterocycles. The predicted octanol–water partition coefficient (Wildman–Crippen LogP) is 2.37. The molecule has 0 radical (unpaired) electrons. The molecule has 0 bridgehead atoms. The average molecular weight is 235 g/mol. The summed E-state index contributed by atoms with van der Waals surface area (Å²) in [6.45, 7) is 0.915. The van der Waals surface area contributed by atoms with Crippen molar-refractivity contribution in [2.45, 2.75) is 0 Å². The molecule has 5 heteroatoms. The van der Waals surface area contributed by atoms with Crippen LogP contribution in [0.15, 0.2) is 23.2 Å². The normalized spacial score (nSPS) is 15.9. The Labute approximate surface area is 95.4 Å². The Kier molecular flexibility index (Phi) is 2.14. The van der Waals surface area contributed by atoms with Gasteiger partial charge in [0.15, 0.2) is 0 Å². The van der Waals surface area contributed by atoms with Crippen LogP contribution in [0.2, 0.25) is 0 Å². The highest BCUT2D eigenvalue weighted by atomic mass is 32.2. The van der Waals surface area contributed by atoms with E-state index < -0.39 is 0 Å². The predicted molar refractivity (Wildman–Crippen MR) is 67.9 cm³/mol. The average Bonchev–Trinajstić information content (AvgIpc) is 2.84. The zero-order valence-electron chi connectivity index (χ0n) is 7.93. The summed E-state index contributed by atoms with van der Waals surface area (Å²) in [7, 11) is 0. The summed E-state index contributed by atoms with van der Waals surface area (Å²) < 4.78 is 1.14. The number of fused-ring (bicyclic) bond motifs is 1. The molecule has 1 aliphatic rings. The quantitative estimate of drug-likeness (QED) is 0.772. The molecule has 76 valence electrons. The van der Waals surface area contributed by atoms with Crippen LogP contribution in [0.25, 0.3) is 10.2 Å². The van der Waals surface area contributed by atoms with Gasteiger partial charge >= 0.3 is 0 Å². The lowest BCUT2D eigenvalue weighted by atomic mass is 10.3. The molecule has 0 spiro atoms. The number of nitrogen functional groups attached to an aromatic ring is 1. The summed E-state index contributed by atoms with van der Waals surface area (Å²) >= 11 is 3.45. The van der Waals surface area contributed by atoms with Gasteiger partial charge in [-0.2, -0.15) is 0 Å². The molecule has 0 unspecified atom stereocenters. The van der Waals surface area contributed by atoms with Crippen molar-refractivity contribution < 1.29 is 0 Å². The maximum atomic E-state index is 5.73. The number of nitrogens with two attached hydrogens (primary N) is 1. The third-order valence-electron chi connectivity index (χ3n) is 2.18. The van der Waals surface area contributed by atoms with E-state index in [1.54, 1.807) is 23.1 Å². The summed E-state index contributed by atoms with van der Waals surface area (Å²) in [5.74, 6) is 1.08. The van der Waals surface area contributed by atoms with Gasteiger partial charge in [0.2, 0.25) is 0 Å². The Morgan fingerprint density at radius 3 is 3.07 bits per heavy atom. The van der Waals surface area contributed by atoms with Crippen molar-refractivity contribution in [3.63, 3.8) is 0 Å². The molecule has 2 aromatic rings. The molecule has 15 heavy (non-hydrogen) atoms. The van der Waals surface area contributed by atoms with Crippen LogP contribution in [0.3, 0.4) is 0 Å². The molecule has 0 fully saturated rings. The summed E-state index contributed by atoms with van der Waals surface area (Å²) in [6.07, 6.45) is 0. The van der Waals surface area contributed by atoms with Crippen LogP contribution in [-0.2, 0) is 0 Å². The number of thioether (sulfide) groups is 1. The van der Waals surface area contributed by atoms with Crippen LogP contribution in [-0.4, -0.2) is 22.3 Å². The monoisotopic (exact) mass is 235 g/mol. The van der Waals surface area contributed by atoms with Crippen LogP contribution >= 0.6 is 23.1 Å². The Morgan fingerprint density at radius 2 is 2.27 bits per heavy atom. The van der Waals surface area contributed by atoms with Gasteiger partial charge in [0.05, 0.1) is 10.2 Å². The molecular weight excluding hydrogens is 226 g/mol. The molecule has 2 heterocycles. The van der Waals surface area contributed by atoms with Gasteiger partial charge in [0.25, 0.3) is 0 Å². The van der Waals surface area contributed by atoms with E-state index in [4.69, 9.17) is 5.73 Å². The molecule has 0 saturated heterocycles. The molecule has 3 rings (SSSR count). The number of anilines is 1. The first-order valence-corrected chi connectivity index (χ1v) is 6.47. The lowest BCUT2D eigenvalue weighted by molar-refractivity contribution is 1.17. The summed E-state index contributed by atoms with van der Waals surface area (Å²) in [4.78, 5) is 8.97. The lowest BCUT2D eigenvalue weighted by Crippen LogP contribution is -1.88. The van der Waals surface area contributed by atoms with E-state index >= 15 is 0 Å². The van der Waals surface area contributed by atoms with Gasteiger partial charge in [-0.1, -0.05) is 0 Å². The van der Waals surface area contributed by atoms with Crippen molar-refractivity contribution in [2.75, 3.05) is 18.0 Å². The third kappa shape index (κ3) is 1.61. The largest absolute Gasteiger partial charge is 0.399 e. The topological polar surface area (TPSA) is 51.3 Å². The van der Waals surface area contributed by atoms with Crippen molar-refractivity contribution in [3.8, 4) is 0 Å². The number of aromatic nitrogens is 1. The van der Waals surface area contributed by atoms with E-state index in [-0.39, 0.29) is 0 Å². The van der Waals surface area contributed by atoms with Gasteiger partial charge in [0.1, 0.15) is 10.1 Å². The van der Waals surface area contributed by atoms with Crippen molar-refractivity contribution in [2.24, 2.45) is 4.99 Å². The van der Waals surface area contributed by atoms with E-state index in [9.17, 15) is 0 Å². The maximum absolute atomic E-state index is 5.73. The van der Waals surface area contributed by atoms with Crippen LogP contribution < -0.4 is 5.73 Å². The zero-order valence-corrected chi connectivity index (χ0v) is 9.57. The van der Waals surface area contributed by atoms with E-state index in [0.29, 0.717) is 0 Å². The Balaban J connectivity index is 2.13. The minimum absolute atomic E-state index is 0.790. The summed E-state index contributed by atoms with van der Waals surface area (Å²) in [5, 5.41) is 2.10. The fraction of sp³-hybridized carbons (Fsp3) is 0.200. The van der Waals surface area contributed by atoms with Gasteiger partial charge in [-0.25, -0.2) is 4.98 Å². The Morgan fingerprint density at radius 1 is 1.33 bits per heavy atom. The molecule has 0 atom stereocenters. The lowest BCUT2D eigenvalue weighted by Gasteiger charge is -1.89.